The summed E-state index contributed by atoms with van der Waals surface area (Å²) in [5, 5.41) is 14.0. The molecule has 0 spiro atoms. The predicted octanol–water partition coefficient (Wildman–Crippen LogP) is 4.83. The van der Waals surface area contributed by atoms with E-state index in [0.717, 1.165) is 23.0 Å². The first-order valence-corrected chi connectivity index (χ1v) is 8.88. The molecule has 3 aromatic rings. The first kappa shape index (κ1) is 18.7. The minimum absolute atomic E-state index is 0.165. The number of halogens is 1. The van der Waals surface area contributed by atoms with Gasteiger partial charge in [0.15, 0.2) is 10.9 Å². The van der Waals surface area contributed by atoms with Crippen molar-refractivity contribution in [2.24, 2.45) is 0 Å². The first-order valence-electron chi connectivity index (χ1n) is 7.69. The SMILES string of the molecule is CC(=O)c1sc(NC(=O)c2cc(Cl)ccc2[N+](=O)[O-])nc1-c1ccccc1. The van der Waals surface area contributed by atoms with Crippen LogP contribution in [-0.4, -0.2) is 21.6 Å². The highest BCUT2D eigenvalue weighted by molar-refractivity contribution is 7.18. The molecule has 0 radical (unpaired) electrons. The minimum Gasteiger partial charge on any atom is -0.298 e. The highest BCUT2D eigenvalue weighted by atomic mass is 35.5. The Labute approximate surface area is 162 Å². The Balaban J connectivity index is 1.97. The van der Waals surface area contributed by atoms with Crippen LogP contribution in [0, 0.1) is 10.1 Å². The Morgan fingerprint density at radius 2 is 1.89 bits per heavy atom. The topological polar surface area (TPSA) is 102 Å². The number of carbonyl (C=O) groups excluding carboxylic acids is 2. The van der Waals surface area contributed by atoms with E-state index in [0.29, 0.717) is 10.6 Å². The number of anilines is 1. The molecular weight excluding hydrogens is 390 g/mol. The Bertz CT molecular complexity index is 1050. The number of benzene rings is 2. The van der Waals surface area contributed by atoms with Crippen LogP contribution in [-0.2, 0) is 0 Å². The smallest absolute Gasteiger partial charge is 0.282 e. The van der Waals surface area contributed by atoms with Gasteiger partial charge in [0.1, 0.15) is 5.56 Å². The molecule has 0 saturated heterocycles. The summed E-state index contributed by atoms with van der Waals surface area (Å²) in [5.41, 5.74) is 0.619. The van der Waals surface area contributed by atoms with E-state index in [1.807, 2.05) is 18.2 Å². The number of nitro benzene ring substituents is 1. The van der Waals surface area contributed by atoms with Crippen LogP contribution in [0.4, 0.5) is 10.8 Å². The molecule has 0 bridgehead atoms. The second-order valence-electron chi connectivity index (χ2n) is 5.49. The molecule has 0 aliphatic carbocycles. The van der Waals surface area contributed by atoms with Crippen molar-refractivity contribution in [3.63, 3.8) is 0 Å². The lowest BCUT2D eigenvalue weighted by Crippen LogP contribution is -2.13. The van der Waals surface area contributed by atoms with Crippen molar-refractivity contribution < 1.29 is 14.5 Å². The van der Waals surface area contributed by atoms with Gasteiger partial charge in [0.2, 0.25) is 0 Å². The van der Waals surface area contributed by atoms with Crippen molar-refractivity contribution in [3.05, 3.63) is 74.1 Å². The van der Waals surface area contributed by atoms with E-state index in [2.05, 4.69) is 10.3 Å². The van der Waals surface area contributed by atoms with E-state index < -0.39 is 10.8 Å². The van der Waals surface area contributed by atoms with Gasteiger partial charge in [-0.1, -0.05) is 53.3 Å². The molecule has 1 aromatic heterocycles. The van der Waals surface area contributed by atoms with Crippen LogP contribution in [0.1, 0.15) is 27.0 Å². The zero-order valence-electron chi connectivity index (χ0n) is 13.9. The summed E-state index contributed by atoms with van der Waals surface area (Å²) in [4.78, 5) is 39.7. The zero-order valence-corrected chi connectivity index (χ0v) is 15.5. The lowest BCUT2D eigenvalue weighted by atomic mass is 10.1. The van der Waals surface area contributed by atoms with E-state index in [1.54, 1.807) is 12.1 Å². The van der Waals surface area contributed by atoms with Crippen molar-refractivity contribution >= 4 is 45.4 Å². The maximum atomic E-state index is 12.5. The zero-order chi connectivity index (χ0) is 19.6. The van der Waals surface area contributed by atoms with Crippen molar-refractivity contribution in [2.45, 2.75) is 6.92 Å². The van der Waals surface area contributed by atoms with E-state index in [9.17, 15) is 19.7 Å². The number of Topliss-reactive ketones (excluding diaryl/α,β-unsaturated/α-hetero) is 1. The fraction of sp³-hybridized carbons (Fsp3) is 0.0556. The lowest BCUT2D eigenvalue weighted by Gasteiger charge is -2.03. The van der Waals surface area contributed by atoms with Crippen LogP contribution in [0.3, 0.4) is 0 Å². The molecule has 0 saturated carbocycles. The number of rotatable bonds is 5. The quantitative estimate of drug-likeness (QED) is 0.375. The fourth-order valence-electron chi connectivity index (χ4n) is 2.42. The average molecular weight is 402 g/mol. The maximum absolute atomic E-state index is 12.5. The van der Waals surface area contributed by atoms with Gasteiger partial charge < -0.3 is 0 Å². The molecule has 2 aromatic carbocycles. The molecule has 1 heterocycles. The number of carbonyl (C=O) groups is 2. The van der Waals surface area contributed by atoms with Gasteiger partial charge in [0.25, 0.3) is 11.6 Å². The monoisotopic (exact) mass is 401 g/mol. The molecule has 0 fully saturated rings. The van der Waals surface area contributed by atoms with Crippen molar-refractivity contribution in [1.29, 1.82) is 0 Å². The highest BCUT2D eigenvalue weighted by Crippen LogP contribution is 2.32. The molecule has 7 nitrogen and oxygen atoms in total. The molecule has 136 valence electrons. The molecular formula is C18H12ClN3O4S. The van der Waals surface area contributed by atoms with Gasteiger partial charge in [0, 0.05) is 23.6 Å². The number of hydrogen-bond donors (Lipinski definition) is 1. The van der Waals surface area contributed by atoms with E-state index in [4.69, 9.17) is 11.6 Å². The van der Waals surface area contributed by atoms with Gasteiger partial charge in [0.05, 0.1) is 15.5 Å². The summed E-state index contributed by atoms with van der Waals surface area (Å²) in [6.45, 7) is 1.41. The molecule has 0 aliphatic heterocycles. The van der Waals surface area contributed by atoms with Crippen LogP contribution < -0.4 is 5.32 Å². The predicted molar refractivity (Wildman–Crippen MR) is 104 cm³/mol. The Morgan fingerprint density at radius 1 is 1.19 bits per heavy atom. The van der Waals surface area contributed by atoms with Crippen molar-refractivity contribution in [2.75, 3.05) is 5.32 Å². The number of nitrogens with one attached hydrogen (secondary N) is 1. The second kappa shape index (κ2) is 7.65. The number of aromatic nitrogens is 1. The summed E-state index contributed by atoms with van der Waals surface area (Å²) < 4.78 is 0. The Hall–Kier alpha value is -3.10. The molecule has 0 aliphatic rings. The second-order valence-corrected chi connectivity index (χ2v) is 6.93. The summed E-state index contributed by atoms with van der Waals surface area (Å²) in [6, 6.07) is 12.8. The number of ketones is 1. The first-order chi connectivity index (χ1) is 12.9. The largest absolute Gasteiger partial charge is 0.298 e. The van der Waals surface area contributed by atoms with Crippen LogP contribution in [0.25, 0.3) is 11.3 Å². The third-order valence-electron chi connectivity index (χ3n) is 3.61. The van der Waals surface area contributed by atoms with E-state index >= 15 is 0 Å². The standard InChI is InChI=1S/C18H12ClN3O4S/c1-10(23)16-15(11-5-3-2-4-6-11)20-18(27-16)21-17(24)13-9-12(19)7-8-14(13)22(25)26/h2-9H,1H3,(H,20,21,24). The Morgan fingerprint density at radius 3 is 2.52 bits per heavy atom. The van der Waals surface area contributed by atoms with E-state index in [1.165, 1.54) is 19.1 Å². The van der Waals surface area contributed by atoms with Gasteiger partial charge >= 0.3 is 0 Å². The molecule has 0 unspecified atom stereocenters. The number of nitro groups is 1. The Kier molecular flexibility index (Phi) is 5.29. The van der Waals surface area contributed by atoms with Gasteiger partial charge in [-0.25, -0.2) is 4.98 Å². The average Bonchev–Trinajstić information content (AvgIpc) is 3.06. The summed E-state index contributed by atoms with van der Waals surface area (Å²) in [5.74, 6) is -0.923. The van der Waals surface area contributed by atoms with Crippen molar-refractivity contribution in [1.82, 2.24) is 4.98 Å². The molecule has 1 N–H and O–H groups in total. The van der Waals surface area contributed by atoms with Gasteiger partial charge in [-0.05, 0) is 12.1 Å². The van der Waals surface area contributed by atoms with Crippen molar-refractivity contribution in [3.8, 4) is 11.3 Å². The number of hydrogen-bond acceptors (Lipinski definition) is 6. The molecule has 0 atom stereocenters. The fourth-order valence-corrected chi connectivity index (χ4v) is 3.47. The molecule has 3 rings (SSSR count). The van der Waals surface area contributed by atoms with Crippen LogP contribution in [0.5, 0.6) is 0 Å². The van der Waals surface area contributed by atoms with E-state index in [-0.39, 0.29) is 27.2 Å². The highest BCUT2D eigenvalue weighted by Gasteiger charge is 2.23. The molecule has 27 heavy (non-hydrogen) atoms. The summed E-state index contributed by atoms with van der Waals surface area (Å²) in [7, 11) is 0. The lowest BCUT2D eigenvalue weighted by molar-refractivity contribution is -0.385. The number of thiazole rings is 1. The normalized spacial score (nSPS) is 10.4. The summed E-state index contributed by atoms with van der Waals surface area (Å²) >= 11 is 6.87. The maximum Gasteiger partial charge on any atom is 0.282 e. The summed E-state index contributed by atoms with van der Waals surface area (Å²) in [6.07, 6.45) is 0. The number of nitrogens with zero attached hydrogens (tertiary/aromatic N) is 2. The van der Waals surface area contributed by atoms with Gasteiger partial charge in [-0.15, -0.1) is 0 Å². The molecule has 1 amide bonds. The van der Waals surface area contributed by atoms with Crippen LogP contribution in [0.2, 0.25) is 5.02 Å². The molecule has 9 heteroatoms. The van der Waals surface area contributed by atoms with Crippen LogP contribution in [0.15, 0.2) is 48.5 Å². The third-order valence-corrected chi connectivity index (χ3v) is 4.92. The third kappa shape index (κ3) is 4.02. The van der Waals surface area contributed by atoms with Crippen LogP contribution >= 0.6 is 22.9 Å². The number of amides is 1. The van der Waals surface area contributed by atoms with Gasteiger partial charge in [-0.2, -0.15) is 0 Å². The van der Waals surface area contributed by atoms with Gasteiger partial charge in [-0.3, -0.25) is 25.0 Å². The minimum atomic E-state index is -0.729.